The van der Waals surface area contributed by atoms with Gasteiger partial charge in [0.1, 0.15) is 0 Å². The van der Waals surface area contributed by atoms with Gasteiger partial charge in [-0.15, -0.1) is 0 Å². The summed E-state index contributed by atoms with van der Waals surface area (Å²) in [7, 11) is 0. The van der Waals surface area contributed by atoms with Gasteiger partial charge in [-0.2, -0.15) is 4.98 Å². The van der Waals surface area contributed by atoms with Crippen LogP contribution in [0.3, 0.4) is 0 Å². The number of carbonyl (C=O) groups excluding carboxylic acids is 1. The molecular weight excluding hydrogens is 376 g/mol. The second-order valence-electron chi connectivity index (χ2n) is 7.98. The minimum absolute atomic E-state index is 0.00111. The Labute approximate surface area is 177 Å². The maximum Gasteiger partial charge on any atom is 0.316 e. The number of aromatic nitrogens is 2. The Morgan fingerprint density at radius 1 is 1.10 bits per heavy atom. The summed E-state index contributed by atoms with van der Waals surface area (Å²) in [4.78, 5) is 19.0. The van der Waals surface area contributed by atoms with E-state index in [2.05, 4.69) is 51.5 Å². The van der Waals surface area contributed by atoms with Gasteiger partial charge >= 0.3 is 11.8 Å². The number of amides is 1. The van der Waals surface area contributed by atoms with Gasteiger partial charge in [0.15, 0.2) is 0 Å². The molecule has 1 aliphatic rings. The molecule has 4 rings (SSSR count). The van der Waals surface area contributed by atoms with E-state index in [4.69, 9.17) is 4.52 Å². The van der Waals surface area contributed by atoms with Gasteiger partial charge < -0.3 is 14.7 Å². The number of hydrogen-bond acceptors (Lipinski definition) is 5. The molecule has 1 aliphatic heterocycles. The van der Waals surface area contributed by atoms with Crippen molar-refractivity contribution in [2.45, 2.75) is 32.6 Å². The highest BCUT2D eigenvalue weighted by Crippen LogP contribution is 2.25. The molecule has 6 nitrogen and oxygen atoms in total. The van der Waals surface area contributed by atoms with Crippen LogP contribution in [0, 0.1) is 5.92 Å². The second kappa shape index (κ2) is 9.57. The summed E-state index contributed by atoms with van der Waals surface area (Å²) in [6.07, 6.45) is 4.23. The van der Waals surface area contributed by atoms with Gasteiger partial charge in [0.25, 0.3) is 0 Å². The first-order valence-corrected chi connectivity index (χ1v) is 10.7. The lowest BCUT2D eigenvalue weighted by molar-refractivity contribution is 0.0909. The molecule has 1 aromatic heterocycles. The zero-order valence-corrected chi connectivity index (χ0v) is 17.4. The molecule has 3 aromatic rings. The molecule has 0 aliphatic carbocycles. The van der Waals surface area contributed by atoms with Crippen molar-refractivity contribution < 1.29 is 9.32 Å². The quantitative estimate of drug-likeness (QED) is 0.593. The van der Waals surface area contributed by atoms with Crippen LogP contribution in [0.4, 0.5) is 5.69 Å². The standard InChI is InChI=1S/C24H28N4O2/c1-18-13-16-28(17-14-18)21-11-9-20(10-12-21)22-26-24(30-27-22)23(29)25-15-5-8-19-6-3-2-4-7-19/h2-4,6-7,9-12,18H,5,8,13-17H2,1H3,(H,25,29). The van der Waals surface area contributed by atoms with E-state index in [0.717, 1.165) is 37.4 Å². The van der Waals surface area contributed by atoms with Gasteiger partial charge in [-0.1, -0.05) is 42.4 Å². The van der Waals surface area contributed by atoms with Crippen LogP contribution in [0.5, 0.6) is 0 Å². The molecule has 2 heterocycles. The first-order chi connectivity index (χ1) is 14.7. The van der Waals surface area contributed by atoms with Gasteiger partial charge in [-0.3, -0.25) is 4.79 Å². The molecule has 0 radical (unpaired) electrons. The molecule has 2 aromatic carbocycles. The third-order valence-electron chi connectivity index (χ3n) is 5.67. The van der Waals surface area contributed by atoms with Crippen LogP contribution in [0.2, 0.25) is 0 Å². The molecule has 1 N–H and O–H groups in total. The lowest BCUT2D eigenvalue weighted by atomic mass is 9.98. The van der Waals surface area contributed by atoms with Gasteiger partial charge in [-0.05, 0) is 61.4 Å². The summed E-state index contributed by atoms with van der Waals surface area (Å²) in [5, 5.41) is 6.82. The molecule has 0 spiro atoms. The zero-order valence-electron chi connectivity index (χ0n) is 17.4. The number of benzene rings is 2. The van der Waals surface area contributed by atoms with Gasteiger partial charge in [-0.25, -0.2) is 0 Å². The summed E-state index contributed by atoms with van der Waals surface area (Å²) in [6.45, 7) is 5.07. The van der Waals surface area contributed by atoms with Gasteiger partial charge in [0.2, 0.25) is 5.82 Å². The van der Waals surface area contributed by atoms with E-state index in [1.165, 1.54) is 24.1 Å². The molecule has 1 saturated heterocycles. The number of rotatable bonds is 7. The van der Waals surface area contributed by atoms with Crippen molar-refractivity contribution in [1.82, 2.24) is 15.5 Å². The third kappa shape index (κ3) is 5.06. The fourth-order valence-corrected chi connectivity index (χ4v) is 3.74. The van der Waals surface area contributed by atoms with Crippen LogP contribution >= 0.6 is 0 Å². The molecule has 0 atom stereocenters. The highest BCUT2D eigenvalue weighted by atomic mass is 16.5. The maximum absolute atomic E-state index is 12.3. The molecular formula is C24H28N4O2. The van der Waals surface area contributed by atoms with Crippen LogP contribution in [0.1, 0.15) is 42.4 Å². The molecule has 1 amide bonds. The number of nitrogens with one attached hydrogen (secondary N) is 1. The first kappa shape index (κ1) is 20.1. The maximum atomic E-state index is 12.3. The minimum Gasteiger partial charge on any atom is -0.372 e. The van der Waals surface area contributed by atoms with Crippen LogP contribution in [0.25, 0.3) is 11.4 Å². The van der Waals surface area contributed by atoms with Crippen LogP contribution < -0.4 is 10.2 Å². The number of carbonyl (C=O) groups is 1. The Morgan fingerprint density at radius 2 is 1.83 bits per heavy atom. The number of piperidine rings is 1. The Balaban J connectivity index is 1.29. The van der Waals surface area contributed by atoms with Gasteiger partial charge in [0, 0.05) is 30.9 Å². The molecule has 0 bridgehead atoms. The molecule has 1 fully saturated rings. The van der Waals surface area contributed by atoms with E-state index < -0.39 is 0 Å². The number of anilines is 1. The minimum atomic E-state index is -0.333. The number of hydrogen-bond donors (Lipinski definition) is 1. The van der Waals surface area contributed by atoms with E-state index in [-0.39, 0.29) is 11.8 Å². The summed E-state index contributed by atoms with van der Waals surface area (Å²) in [5.74, 6) is 0.908. The fourth-order valence-electron chi connectivity index (χ4n) is 3.74. The third-order valence-corrected chi connectivity index (χ3v) is 5.67. The molecule has 0 unspecified atom stereocenters. The second-order valence-corrected chi connectivity index (χ2v) is 7.98. The van der Waals surface area contributed by atoms with E-state index in [1.807, 2.05) is 30.3 Å². The molecule has 6 heteroatoms. The predicted octanol–water partition coefficient (Wildman–Crippen LogP) is 4.34. The molecule has 30 heavy (non-hydrogen) atoms. The molecule has 0 saturated carbocycles. The van der Waals surface area contributed by atoms with Crippen LogP contribution in [-0.4, -0.2) is 35.7 Å². The topological polar surface area (TPSA) is 71.3 Å². The molecule has 156 valence electrons. The van der Waals surface area contributed by atoms with E-state index in [1.54, 1.807) is 0 Å². The average molecular weight is 405 g/mol. The average Bonchev–Trinajstić information content (AvgIpc) is 3.28. The van der Waals surface area contributed by atoms with Crippen molar-refractivity contribution in [1.29, 1.82) is 0 Å². The van der Waals surface area contributed by atoms with E-state index >= 15 is 0 Å². The lowest BCUT2D eigenvalue weighted by Gasteiger charge is -2.32. The van der Waals surface area contributed by atoms with Crippen molar-refractivity contribution in [3.05, 3.63) is 66.1 Å². The SMILES string of the molecule is CC1CCN(c2ccc(-c3noc(C(=O)NCCCc4ccccc4)n3)cc2)CC1. The van der Waals surface area contributed by atoms with Crippen molar-refractivity contribution in [3.8, 4) is 11.4 Å². The Morgan fingerprint density at radius 3 is 2.57 bits per heavy atom. The van der Waals surface area contributed by atoms with Crippen LogP contribution in [0.15, 0.2) is 59.1 Å². The smallest absolute Gasteiger partial charge is 0.316 e. The lowest BCUT2D eigenvalue weighted by Crippen LogP contribution is -2.32. The Hall–Kier alpha value is -3.15. The largest absolute Gasteiger partial charge is 0.372 e. The highest BCUT2D eigenvalue weighted by molar-refractivity contribution is 5.89. The van der Waals surface area contributed by atoms with Crippen molar-refractivity contribution in [3.63, 3.8) is 0 Å². The monoisotopic (exact) mass is 404 g/mol. The van der Waals surface area contributed by atoms with Crippen molar-refractivity contribution in [2.75, 3.05) is 24.5 Å². The first-order valence-electron chi connectivity index (χ1n) is 10.7. The van der Waals surface area contributed by atoms with E-state index in [0.29, 0.717) is 12.4 Å². The summed E-state index contributed by atoms with van der Waals surface area (Å²) < 4.78 is 5.17. The highest BCUT2D eigenvalue weighted by Gasteiger charge is 2.18. The summed E-state index contributed by atoms with van der Waals surface area (Å²) in [5.41, 5.74) is 3.32. The fraction of sp³-hybridized carbons (Fsp3) is 0.375. The Bertz CT molecular complexity index is 945. The zero-order chi connectivity index (χ0) is 20.8. The van der Waals surface area contributed by atoms with Crippen molar-refractivity contribution in [2.24, 2.45) is 5.92 Å². The van der Waals surface area contributed by atoms with Crippen LogP contribution in [-0.2, 0) is 6.42 Å². The number of nitrogens with zero attached hydrogens (tertiary/aromatic N) is 3. The normalized spacial score (nSPS) is 14.6. The van der Waals surface area contributed by atoms with E-state index in [9.17, 15) is 4.79 Å². The van der Waals surface area contributed by atoms with Crippen molar-refractivity contribution >= 4 is 11.6 Å². The summed E-state index contributed by atoms with van der Waals surface area (Å²) in [6, 6.07) is 18.4. The Kier molecular flexibility index (Phi) is 6.42. The predicted molar refractivity (Wildman–Crippen MR) is 117 cm³/mol. The number of aryl methyl sites for hydroxylation is 1. The summed E-state index contributed by atoms with van der Waals surface area (Å²) >= 11 is 0. The van der Waals surface area contributed by atoms with Gasteiger partial charge in [0.05, 0.1) is 0 Å².